The van der Waals surface area contributed by atoms with E-state index in [0.717, 1.165) is 12.1 Å². The molecular weight excluding hydrogens is 278 g/mol. The maximum atomic E-state index is 5.17. The predicted molar refractivity (Wildman–Crippen MR) is 93.8 cm³/mol. The van der Waals surface area contributed by atoms with Gasteiger partial charge in [-0.05, 0) is 42.3 Å². The Morgan fingerprint density at radius 1 is 1.10 bits per heavy atom. The van der Waals surface area contributed by atoms with E-state index in [9.17, 15) is 0 Å². The number of nitrogens with one attached hydrogen (secondary N) is 2. The van der Waals surface area contributed by atoms with Crippen molar-refractivity contribution in [2.45, 2.75) is 19.3 Å². The Hall–Kier alpha value is -2.20. The summed E-state index contributed by atoms with van der Waals surface area (Å²) in [7, 11) is 0. The predicted octanol–water partition coefficient (Wildman–Crippen LogP) is 4.15. The van der Waals surface area contributed by atoms with E-state index in [2.05, 4.69) is 47.0 Å². The Labute approximate surface area is 131 Å². The third-order valence-electron chi connectivity index (χ3n) is 3.12. The smallest absolute Gasteiger partial charge is 0.191 e. The summed E-state index contributed by atoms with van der Waals surface area (Å²) >= 11 is 5.17. The second-order valence-electron chi connectivity index (χ2n) is 4.79. The highest BCUT2D eigenvalue weighted by Gasteiger charge is 2.02. The van der Waals surface area contributed by atoms with Gasteiger partial charge < -0.3 is 5.32 Å². The number of thiocarbonyl (C=S) groups is 1. The number of para-hydroxylation sites is 1. The highest BCUT2D eigenvalue weighted by Crippen LogP contribution is 2.16. The Morgan fingerprint density at radius 2 is 1.71 bits per heavy atom. The molecule has 0 aliphatic carbocycles. The number of hydrazone groups is 1. The Kier molecular flexibility index (Phi) is 5.91. The second kappa shape index (κ2) is 8.17. The lowest BCUT2D eigenvalue weighted by molar-refractivity contribution is 0.808. The lowest BCUT2D eigenvalue weighted by Gasteiger charge is -2.09. The minimum Gasteiger partial charge on any atom is -0.331 e. The maximum absolute atomic E-state index is 5.17. The zero-order valence-corrected chi connectivity index (χ0v) is 12.8. The van der Waals surface area contributed by atoms with Gasteiger partial charge in [0, 0.05) is 11.9 Å². The third-order valence-corrected chi connectivity index (χ3v) is 3.31. The quantitative estimate of drug-likeness (QED) is 0.494. The van der Waals surface area contributed by atoms with Crippen LogP contribution in [0, 0.1) is 0 Å². The highest BCUT2D eigenvalue weighted by atomic mass is 32.1. The molecule has 108 valence electrons. The van der Waals surface area contributed by atoms with Gasteiger partial charge in [0.05, 0.1) is 0 Å². The first kappa shape index (κ1) is 15.2. The average Bonchev–Trinajstić information content (AvgIpc) is 2.53. The standard InChI is InChI=1S/C17H19N3S/c1-14(15-8-4-2-5-9-15)12-13-18-20-17(21)19-16-10-6-3-7-11-16/h2-11,13-14H,12H2,1H3,(H2,19,20,21)/b18-13+. The van der Waals surface area contributed by atoms with Crippen molar-refractivity contribution in [2.75, 3.05) is 5.32 Å². The molecule has 0 saturated heterocycles. The Bertz CT molecular complexity index is 581. The van der Waals surface area contributed by atoms with Gasteiger partial charge in [0.25, 0.3) is 0 Å². The molecule has 0 aliphatic rings. The topological polar surface area (TPSA) is 36.4 Å². The van der Waals surface area contributed by atoms with Gasteiger partial charge in [-0.2, -0.15) is 5.10 Å². The summed E-state index contributed by atoms with van der Waals surface area (Å²) in [5, 5.41) is 7.71. The molecule has 2 aromatic carbocycles. The van der Waals surface area contributed by atoms with Crippen LogP contribution in [0.2, 0.25) is 0 Å². The molecule has 0 fully saturated rings. The van der Waals surface area contributed by atoms with E-state index in [1.54, 1.807) is 0 Å². The van der Waals surface area contributed by atoms with Crippen LogP contribution in [0.4, 0.5) is 5.69 Å². The summed E-state index contributed by atoms with van der Waals surface area (Å²) in [6.07, 6.45) is 2.72. The fourth-order valence-electron chi connectivity index (χ4n) is 1.91. The van der Waals surface area contributed by atoms with Crippen molar-refractivity contribution in [3.05, 3.63) is 66.2 Å². The second-order valence-corrected chi connectivity index (χ2v) is 5.20. The van der Waals surface area contributed by atoms with Gasteiger partial charge in [-0.1, -0.05) is 55.5 Å². The Morgan fingerprint density at radius 3 is 2.38 bits per heavy atom. The van der Waals surface area contributed by atoms with Crippen LogP contribution in [0.5, 0.6) is 0 Å². The first-order valence-corrected chi connectivity index (χ1v) is 7.35. The summed E-state index contributed by atoms with van der Waals surface area (Å²) in [5.41, 5.74) is 5.09. The van der Waals surface area contributed by atoms with E-state index in [1.807, 2.05) is 42.6 Å². The molecule has 2 N–H and O–H groups in total. The van der Waals surface area contributed by atoms with Crippen molar-refractivity contribution in [3.8, 4) is 0 Å². The van der Waals surface area contributed by atoms with Crippen molar-refractivity contribution < 1.29 is 0 Å². The highest BCUT2D eigenvalue weighted by molar-refractivity contribution is 7.80. The van der Waals surface area contributed by atoms with Gasteiger partial charge in [-0.25, -0.2) is 0 Å². The van der Waals surface area contributed by atoms with E-state index < -0.39 is 0 Å². The first-order valence-electron chi connectivity index (χ1n) is 6.94. The van der Waals surface area contributed by atoms with Gasteiger partial charge >= 0.3 is 0 Å². The van der Waals surface area contributed by atoms with Crippen LogP contribution in [0.25, 0.3) is 0 Å². The number of benzene rings is 2. The Balaban J connectivity index is 1.74. The molecule has 1 unspecified atom stereocenters. The van der Waals surface area contributed by atoms with Crippen molar-refractivity contribution in [2.24, 2.45) is 5.10 Å². The SMILES string of the molecule is CC(C/C=N/NC(=S)Nc1ccccc1)c1ccccc1. The molecule has 0 bridgehead atoms. The van der Waals surface area contributed by atoms with Crippen molar-refractivity contribution >= 4 is 29.2 Å². The van der Waals surface area contributed by atoms with Crippen LogP contribution in [0.1, 0.15) is 24.8 Å². The van der Waals surface area contributed by atoms with Crippen LogP contribution in [0.15, 0.2) is 65.8 Å². The minimum atomic E-state index is 0.437. The molecule has 3 nitrogen and oxygen atoms in total. The van der Waals surface area contributed by atoms with Crippen molar-refractivity contribution in [3.63, 3.8) is 0 Å². The monoisotopic (exact) mass is 297 g/mol. The normalized spacial score (nSPS) is 12.0. The molecule has 4 heteroatoms. The summed E-state index contributed by atoms with van der Waals surface area (Å²) < 4.78 is 0. The van der Waals surface area contributed by atoms with Crippen LogP contribution in [-0.2, 0) is 0 Å². The van der Waals surface area contributed by atoms with Gasteiger partial charge in [-0.3, -0.25) is 5.43 Å². The van der Waals surface area contributed by atoms with Crippen LogP contribution in [0.3, 0.4) is 0 Å². The average molecular weight is 297 g/mol. The number of rotatable bonds is 5. The van der Waals surface area contributed by atoms with E-state index in [4.69, 9.17) is 12.2 Å². The number of hydrogen-bond acceptors (Lipinski definition) is 2. The lowest BCUT2D eigenvalue weighted by atomic mass is 9.99. The van der Waals surface area contributed by atoms with Gasteiger partial charge in [0.1, 0.15) is 0 Å². The minimum absolute atomic E-state index is 0.437. The summed E-state index contributed by atoms with van der Waals surface area (Å²) in [6.45, 7) is 2.18. The van der Waals surface area contributed by atoms with Gasteiger partial charge in [-0.15, -0.1) is 0 Å². The summed E-state index contributed by atoms with van der Waals surface area (Å²) in [5.74, 6) is 0.437. The summed E-state index contributed by atoms with van der Waals surface area (Å²) in [6, 6.07) is 20.2. The van der Waals surface area contributed by atoms with E-state index in [-0.39, 0.29) is 0 Å². The number of nitrogens with zero attached hydrogens (tertiary/aromatic N) is 1. The maximum Gasteiger partial charge on any atom is 0.191 e. The lowest BCUT2D eigenvalue weighted by Crippen LogP contribution is -2.23. The van der Waals surface area contributed by atoms with Crippen LogP contribution >= 0.6 is 12.2 Å². The van der Waals surface area contributed by atoms with E-state index >= 15 is 0 Å². The summed E-state index contributed by atoms with van der Waals surface area (Å²) in [4.78, 5) is 0. The fraction of sp³-hybridized carbons (Fsp3) is 0.176. The molecule has 21 heavy (non-hydrogen) atoms. The van der Waals surface area contributed by atoms with Crippen molar-refractivity contribution in [1.82, 2.24) is 5.43 Å². The molecule has 2 rings (SSSR count). The number of hydrogen-bond donors (Lipinski definition) is 2. The molecule has 0 aromatic heterocycles. The zero-order chi connectivity index (χ0) is 14.9. The molecule has 0 spiro atoms. The molecule has 2 aromatic rings. The third kappa shape index (κ3) is 5.36. The molecule has 0 heterocycles. The largest absolute Gasteiger partial charge is 0.331 e. The zero-order valence-electron chi connectivity index (χ0n) is 12.0. The van der Waals surface area contributed by atoms with E-state index in [0.29, 0.717) is 11.0 Å². The van der Waals surface area contributed by atoms with Gasteiger partial charge in [0.2, 0.25) is 0 Å². The van der Waals surface area contributed by atoms with E-state index in [1.165, 1.54) is 5.56 Å². The van der Waals surface area contributed by atoms with Crippen molar-refractivity contribution in [1.29, 1.82) is 0 Å². The molecule has 0 aliphatic heterocycles. The van der Waals surface area contributed by atoms with Gasteiger partial charge in [0.15, 0.2) is 5.11 Å². The molecule has 0 amide bonds. The van der Waals surface area contributed by atoms with Crippen LogP contribution in [-0.4, -0.2) is 11.3 Å². The molecule has 0 radical (unpaired) electrons. The molecule has 1 atom stereocenters. The number of anilines is 1. The van der Waals surface area contributed by atoms with Crippen LogP contribution < -0.4 is 10.7 Å². The fourth-order valence-corrected chi connectivity index (χ4v) is 2.08. The first-order chi connectivity index (χ1) is 10.3. The molecular formula is C17H19N3S. The molecule has 0 saturated carbocycles.